The zero-order chi connectivity index (χ0) is 24.9. The van der Waals surface area contributed by atoms with E-state index in [4.69, 9.17) is 21.1 Å². The lowest BCUT2D eigenvalue weighted by molar-refractivity contribution is -0.123. The van der Waals surface area contributed by atoms with Gasteiger partial charge in [0, 0.05) is 9.50 Å². The Morgan fingerprint density at radius 3 is 2.40 bits per heavy atom. The van der Waals surface area contributed by atoms with E-state index in [-0.39, 0.29) is 17.7 Å². The van der Waals surface area contributed by atoms with Gasteiger partial charge >= 0.3 is 0 Å². The Morgan fingerprint density at radius 2 is 1.71 bits per heavy atom. The van der Waals surface area contributed by atoms with E-state index in [1.807, 2.05) is 43.3 Å². The summed E-state index contributed by atoms with van der Waals surface area (Å²) in [6.45, 7) is 2.96. The largest absolute Gasteiger partial charge is 0.490 e. The molecule has 0 unspecified atom stereocenters. The van der Waals surface area contributed by atoms with E-state index in [1.165, 1.54) is 4.90 Å². The van der Waals surface area contributed by atoms with Crippen LogP contribution in [0.3, 0.4) is 0 Å². The Labute approximate surface area is 235 Å². The summed E-state index contributed by atoms with van der Waals surface area (Å²) in [6, 6.07) is 18.7. The molecule has 0 atom stereocenters. The van der Waals surface area contributed by atoms with E-state index in [9.17, 15) is 9.59 Å². The van der Waals surface area contributed by atoms with Crippen molar-refractivity contribution >= 4 is 79.1 Å². The van der Waals surface area contributed by atoms with Gasteiger partial charge in [-0.25, -0.2) is 0 Å². The van der Waals surface area contributed by atoms with Crippen LogP contribution in [-0.4, -0.2) is 22.7 Å². The maximum atomic E-state index is 13.0. The summed E-state index contributed by atoms with van der Waals surface area (Å²) in [7, 11) is 0. The maximum Gasteiger partial charge on any atom is 0.293 e. The van der Waals surface area contributed by atoms with Gasteiger partial charge in [0.15, 0.2) is 11.5 Å². The normalized spacial score (nSPS) is 14.6. The summed E-state index contributed by atoms with van der Waals surface area (Å²) in [6.07, 6.45) is 1.72. The van der Waals surface area contributed by atoms with E-state index < -0.39 is 0 Å². The molecule has 0 radical (unpaired) electrons. The number of amides is 2. The molecule has 0 bridgehead atoms. The van der Waals surface area contributed by atoms with Crippen molar-refractivity contribution in [2.24, 2.45) is 0 Å². The fourth-order valence-electron chi connectivity index (χ4n) is 3.37. The Kier molecular flexibility index (Phi) is 8.80. The minimum absolute atomic E-state index is 0.198. The first kappa shape index (κ1) is 26.1. The number of thioether (sulfide) groups is 1. The van der Waals surface area contributed by atoms with Gasteiger partial charge in [-0.3, -0.25) is 14.5 Å². The van der Waals surface area contributed by atoms with E-state index in [0.717, 1.165) is 36.5 Å². The average Bonchev–Trinajstić information content (AvgIpc) is 3.08. The van der Waals surface area contributed by atoms with Gasteiger partial charge in [-0.2, -0.15) is 0 Å². The fourth-order valence-corrected chi connectivity index (χ4v) is 5.38. The van der Waals surface area contributed by atoms with Gasteiger partial charge < -0.3 is 9.47 Å². The van der Waals surface area contributed by atoms with E-state index in [2.05, 4.69) is 38.5 Å². The van der Waals surface area contributed by atoms with Crippen LogP contribution in [0.4, 0.5) is 4.79 Å². The summed E-state index contributed by atoms with van der Waals surface area (Å²) < 4.78 is 13.8. The molecular weight excluding hydrogens is 665 g/mol. The summed E-state index contributed by atoms with van der Waals surface area (Å²) in [5, 5.41) is 0.303. The smallest absolute Gasteiger partial charge is 0.293 e. The van der Waals surface area contributed by atoms with Crippen LogP contribution in [0.25, 0.3) is 6.08 Å². The molecule has 35 heavy (non-hydrogen) atoms. The van der Waals surface area contributed by atoms with Crippen LogP contribution in [0.15, 0.2) is 70.0 Å². The topological polar surface area (TPSA) is 55.8 Å². The Balaban J connectivity index is 1.54. The lowest BCUT2D eigenvalue weighted by Gasteiger charge is -2.15. The number of hydrogen-bond donors (Lipinski definition) is 0. The number of carbonyl (C=O) groups is 2. The number of benzene rings is 3. The number of imide groups is 1. The van der Waals surface area contributed by atoms with Crippen molar-refractivity contribution in [3.05, 3.63) is 95.3 Å². The molecule has 0 N–H and O–H groups in total. The van der Waals surface area contributed by atoms with Crippen molar-refractivity contribution < 1.29 is 19.1 Å². The molecule has 3 aromatic rings. The quantitative estimate of drug-likeness (QED) is 0.178. The first-order valence-corrected chi connectivity index (χ1v) is 13.7. The molecule has 0 aliphatic carbocycles. The summed E-state index contributed by atoms with van der Waals surface area (Å²) in [4.78, 5) is 27.1. The lowest BCUT2D eigenvalue weighted by atomic mass is 10.1. The molecule has 1 saturated heterocycles. The van der Waals surface area contributed by atoms with Crippen molar-refractivity contribution in [2.45, 2.75) is 20.1 Å². The summed E-state index contributed by atoms with van der Waals surface area (Å²) in [5.74, 6) is 0.907. The molecule has 1 aliphatic rings. The van der Waals surface area contributed by atoms with Crippen LogP contribution in [0.2, 0.25) is 5.02 Å². The highest BCUT2D eigenvalue weighted by atomic mass is 127. The predicted molar refractivity (Wildman–Crippen MR) is 152 cm³/mol. The number of hydrogen-bond acceptors (Lipinski definition) is 5. The SMILES string of the molecule is CCOc1cc(/C=C2\SC(=O)N(Cc3ccc(Cl)cc3)C2=O)cc(I)c1OCc1ccc(Br)cc1. The molecule has 180 valence electrons. The first-order valence-electron chi connectivity index (χ1n) is 10.7. The third-order valence-corrected chi connectivity index (χ3v) is 7.54. The Bertz CT molecular complexity index is 1280. The van der Waals surface area contributed by atoms with Gasteiger partial charge in [0.1, 0.15) is 6.61 Å². The van der Waals surface area contributed by atoms with Gasteiger partial charge in [0.05, 0.1) is 21.6 Å². The van der Waals surface area contributed by atoms with Crippen LogP contribution < -0.4 is 9.47 Å². The number of carbonyl (C=O) groups excluding carboxylic acids is 2. The van der Waals surface area contributed by atoms with Crippen molar-refractivity contribution in [3.8, 4) is 11.5 Å². The molecule has 1 aliphatic heterocycles. The number of halogens is 3. The summed E-state index contributed by atoms with van der Waals surface area (Å²) in [5.41, 5.74) is 2.62. The number of rotatable bonds is 8. The minimum Gasteiger partial charge on any atom is -0.490 e. The van der Waals surface area contributed by atoms with Crippen LogP contribution in [-0.2, 0) is 17.9 Å². The fraction of sp³-hybridized carbons (Fsp3) is 0.154. The van der Waals surface area contributed by atoms with Crippen LogP contribution in [0.5, 0.6) is 11.5 Å². The monoisotopic (exact) mass is 683 g/mol. The van der Waals surface area contributed by atoms with E-state index >= 15 is 0 Å². The molecule has 0 spiro atoms. The molecule has 9 heteroatoms. The Hall–Kier alpha value is -2.01. The minimum atomic E-state index is -0.321. The van der Waals surface area contributed by atoms with Gasteiger partial charge in [-0.1, -0.05) is 51.8 Å². The molecule has 2 amide bonds. The second-order valence-corrected chi connectivity index (χ2v) is 11.1. The van der Waals surface area contributed by atoms with Gasteiger partial charge in [0.2, 0.25) is 0 Å². The summed E-state index contributed by atoms with van der Waals surface area (Å²) >= 11 is 12.5. The van der Waals surface area contributed by atoms with Crippen molar-refractivity contribution in [2.75, 3.05) is 6.61 Å². The molecule has 3 aromatic carbocycles. The standard InChI is InChI=1S/C26H20BrClINO4S/c1-2-33-22-12-18(11-21(29)24(22)34-15-17-3-7-19(27)8-4-17)13-23-25(31)30(26(32)35-23)14-16-5-9-20(28)10-6-16/h3-13H,2,14-15H2,1H3/b23-13-. The van der Waals surface area contributed by atoms with Crippen molar-refractivity contribution in [1.29, 1.82) is 0 Å². The highest BCUT2D eigenvalue weighted by Crippen LogP contribution is 2.38. The lowest BCUT2D eigenvalue weighted by Crippen LogP contribution is -2.27. The van der Waals surface area contributed by atoms with E-state index in [0.29, 0.717) is 34.6 Å². The molecular formula is C26H20BrClINO4S. The predicted octanol–water partition coefficient (Wildman–Crippen LogP) is 7.92. The number of ether oxygens (including phenoxy) is 2. The van der Waals surface area contributed by atoms with Crippen molar-refractivity contribution in [1.82, 2.24) is 4.90 Å². The third-order valence-electron chi connectivity index (χ3n) is 5.05. The van der Waals surface area contributed by atoms with Crippen LogP contribution >= 0.6 is 61.9 Å². The van der Waals surface area contributed by atoms with Crippen LogP contribution in [0.1, 0.15) is 23.6 Å². The zero-order valence-electron chi connectivity index (χ0n) is 18.6. The van der Waals surface area contributed by atoms with Crippen molar-refractivity contribution in [3.63, 3.8) is 0 Å². The molecule has 0 aromatic heterocycles. The highest BCUT2D eigenvalue weighted by molar-refractivity contribution is 14.1. The van der Waals surface area contributed by atoms with E-state index in [1.54, 1.807) is 30.3 Å². The molecule has 5 nitrogen and oxygen atoms in total. The molecule has 1 heterocycles. The second kappa shape index (κ2) is 11.8. The van der Waals surface area contributed by atoms with Gasteiger partial charge in [-0.15, -0.1) is 0 Å². The zero-order valence-corrected chi connectivity index (χ0v) is 23.9. The highest BCUT2D eigenvalue weighted by Gasteiger charge is 2.35. The molecule has 4 rings (SSSR count). The average molecular weight is 685 g/mol. The van der Waals surface area contributed by atoms with Gasteiger partial charge in [-0.05, 0) is 100 Å². The molecule has 0 saturated carbocycles. The maximum absolute atomic E-state index is 13.0. The van der Waals surface area contributed by atoms with Gasteiger partial charge in [0.25, 0.3) is 11.1 Å². The number of nitrogens with zero attached hydrogens (tertiary/aromatic N) is 1. The first-order chi connectivity index (χ1) is 16.8. The second-order valence-electron chi connectivity index (χ2n) is 7.57. The van der Waals surface area contributed by atoms with Crippen LogP contribution in [0, 0.1) is 3.57 Å². The third kappa shape index (κ3) is 6.61. The molecule has 1 fully saturated rings. The Morgan fingerprint density at radius 1 is 1.03 bits per heavy atom.